The Balaban J connectivity index is 2.17. The summed E-state index contributed by atoms with van der Waals surface area (Å²) in [5, 5.41) is 0. The number of fused-ring (bicyclic) bond motifs is 2. The molecule has 1 saturated carbocycles. The van der Waals surface area contributed by atoms with Gasteiger partial charge in [-0.05, 0) is 48.9 Å². The molecule has 2 unspecified atom stereocenters. The lowest BCUT2D eigenvalue weighted by Gasteiger charge is -2.26. The van der Waals surface area contributed by atoms with Crippen LogP contribution in [0, 0.1) is 5.92 Å². The second-order valence-corrected chi connectivity index (χ2v) is 5.51. The SMILES string of the molecule is NC(=O)c1ccc(C(N)=O)c(C23C=CC(CC2)C3)c1. The highest BCUT2D eigenvalue weighted by atomic mass is 16.1. The van der Waals surface area contributed by atoms with E-state index in [0.29, 0.717) is 17.0 Å². The van der Waals surface area contributed by atoms with E-state index in [1.165, 1.54) is 0 Å². The van der Waals surface area contributed by atoms with Crippen LogP contribution in [0.25, 0.3) is 0 Å². The third kappa shape index (κ3) is 1.75. The average molecular weight is 256 g/mol. The van der Waals surface area contributed by atoms with Crippen LogP contribution in [-0.2, 0) is 5.41 Å². The minimum absolute atomic E-state index is 0.138. The number of benzene rings is 1. The molecule has 2 aliphatic rings. The van der Waals surface area contributed by atoms with Gasteiger partial charge in [-0.15, -0.1) is 0 Å². The lowest BCUT2D eigenvalue weighted by molar-refractivity contribution is 0.0986. The number of rotatable bonds is 3. The van der Waals surface area contributed by atoms with Gasteiger partial charge in [0.05, 0.1) is 0 Å². The fourth-order valence-corrected chi connectivity index (χ4v) is 3.41. The monoisotopic (exact) mass is 256 g/mol. The van der Waals surface area contributed by atoms with Crippen molar-refractivity contribution in [1.82, 2.24) is 0 Å². The van der Waals surface area contributed by atoms with E-state index in [-0.39, 0.29) is 5.41 Å². The molecule has 4 heteroatoms. The normalized spacial score (nSPS) is 27.7. The van der Waals surface area contributed by atoms with Crippen LogP contribution < -0.4 is 11.5 Å². The minimum atomic E-state index is -0.481. The summed E-state index contributed by atoms with van der Waals surface area (Å²) in [6, 6.07) is 4.92. The first-order valence-corrected chi connectivity index (χ1v) is 6.45. The number of hydrogen-bond acceptors (Lipinski definition) is 2. The van der Waals surface area contributed by atoms with Crippen molar-refractivity contribution in [1.29, 1.82) is 0 Å². The molecule has 98 valence electrons. The quantitative estimate of drug-likeness (QED) is 0.803. The predicted octanol–water partition coefficient (Wildman–Crippen LogP) is 1.49. The Kier molecular flexibility index (Phi) is 2.49. The molecule has 0 spiro atoms. The van der Waals surface area contributed by atoms with Gasteiger partial charge < -0.3 is 11.5 Å². The summed E-state index contributed by atoms with van der Waals surface area (Å²) in [5.74, 6) is -0.354. The summed E-state index contributed by atoms with van der Waals surface area (Å²) in [6.45, 7) is 0. The molecular formula is C15H16N2O2. The highest BCUT2D eigenvalue weighted by Gasteiger charge is 2.43. The predicted molar refractivity (Wildman–Crippen MR) is 71.6 cm³/mol. The fourth-order valence-electron chi connectivity index (χ4n) is 3.41. The van der Waals surface area contributed by atoms with E-state index >= 15 is 0 Å². The largest absolute Gasteiger partial charge is 0.366 e. The molecule has 3 rings (SSSR count). The van der Waals surface area contributed by atoms with Gasteiger partial charge in [-0.2, -0.15) is 0 Å². The Hall–Kier alpha value is -2.10. The van der Waals surface area contributed by atoms with E-state index in [4.69, 9.17) is 11.5 Å². The van der Waals surface area contributed by atoms with E-state index in [0.717, 1.165) is 24.8 Å². The zero-order chi connectivity index (χ0) is 13.6. The molecule has 0 radical (unpaired) electrons. The van der Waals surface area contributed by atoms with Crippen molar-refractivity contribution in [3.63, 3.8) is 0 Å². The molecule has 0 aromatic heterocycles. The number of amides is 2. The van der Waals surface area contributed by atoms with Gasteiger partial charge in [0, 0.05) is 16.5 Å². The summed E-state index contributed by atoms with van der Waals surface area (Å²) in [7, 11) is 0. The molecule has 2 aliphatic carbocycles. The maximum absolute atomic E-state index is 11.6. The van der Waals surface area contributed by atoms with Crippen molar-refractivity contribution in [2.45, 2.75) is 24.7 Å². The molecule has 1 aromatic rings. The minimum Gasteiger partial charge on any atom is -0.366 e. The molecule has 2 amide bonds. The highest BCUT2D eigenvalue weighted by Crippen LogP contribution is 2.51. The van der Waals surface area contributed by atoms with Gasteiger partial charge in [0.25, 0.3) is 0 Å². The highest BCUT2D eigenvalue weighted by molar-refractivity contribution is 5.98. The number of hydrogen-bond donors (Lipinski definition) is 2. The maximum atomic E-state index is 11.6. The molecule has 0 aliphatic heterocycles. The molecule has 2 bridgehead atoms. The van der Waals surface area contributed by atoms with Gasteiger partial charge in [0.15, 0.2) is 0 Å². The first kappa shape index (κ1) is 12.0. The van der Waals surface area contributed by atoms with Crippen LogP contribution >= 0.6 is 0 Å². The van der Waals surface area contributed by atoms with Crippen LogP contribution in [0.3, 0.4) is 0 Å². The Bertz CT molecular complexity index is 606. The summed E-state index contributed by atoms with van der Waals surface area (Å²) in [4.78, 5) is 23.0. The van der Waals surface area contributed by atoms with Crippen molar-refractivity contribution in [2.24, 2.45) is 17.4 Å². The van der Waals surface area contributed by atoms with Gasteiger partial charge in [-0.25, -0.2) is 0 Å². The lowest BCUT2D eigenvalue weighted by Crippen LogP contribution is -2.25. The third-order valence-electron chi connectivity index (χ3n) is 4.38. The van der Waals surface area contributed by atoms with Gasteiger partial charge in [-0.1, -0.05) is 12.2 Å². The molecule has 4 nitrogen and oxygen atoms in total. The van der Waals surface area contributed by atoms with Crippen molar-refractivity contribution < 1.29 is 9.59 Å². The summed E-state index contributed by atoms with van der Waals surface area (Å²) in [6.07, 6.45) is 7.47. The Labute approximate surface area is 111 Å². The topological polar surface area (TPSA) is 86.2 Å². The van der Waals surface area contributed by atoms with Crippen LogP contribution in [0.4, 0.5) is 0 Å². The van der Waals surface area contributed by atoms with Crippen LogP contribution in [0.1, 0.15) is 45.5 Å². The van der Waals surface area contributed by atoms with Crippen LogP contribution in [0.2, 0.25) is 0 Å². The van der Waals surface area contributed by atoms with E-state index in [1.54, 1.807) is 18.2 Å². The van der Waals surface area contributed by atoms with Gasteiger partial charge >= 0.3 is 0 Å². The molecule has 1 aromatic carbocycles. The second-order valence-electron chi connectivity index (χ2n) is 5.51. The summed E-state index contributed by atoms with van der Waals surface area (Å²) < 4.78 is 0. The van der Waals surface area contributed by atoms with E-state index in [9.17, 15) is 9.59 Å². The van der Waals surface area contributed by atoms with Gasteiger partial charge in [-0.3, -0.25) is 9.59 Å². The van der Waals surface area contributed by atoms with Crippen molar-refractivity contribution in [3.05, 3.63) is 47.0 Å². The Morgan fingerprint density at radius 3 is 2.47 bits per heavy atom. The van der Waals surface area contributed by atoms with E-state index in [2.05, 4.69) is 12.2 Å². The molecular weight excluding hydrogens is 240 g/mol. The van der Waals surface area contributed by atoms with Crippen LogP contribution in [-0.4, -0.2) is 11.8 Å². The number of allylic oxidation sites excluding steroid dienone is 2. The van der Waals surface area contributed by atoms with Crippen molar-refractivity contribution >= 4 is 11.8 Å². The standard InChI is InChI=1S/C15H16N2O2/c16-13(18)10-1-2-11(14(17)19)12(7-10)15-5-3-9(8-15)4-6-15/h1-3,5,7,9H,4,6,8H2,(H2,16,18)(H2,17,19). The van der Waals surface area contributed by atoms with Gasteiger partial charge in [0.1, 0.15) is 0 Å². The number of primary amides is 2. The molecule has 1 fully saturated rings. The molecule has 19 heavy (non-hydrogen) atoms. The molecule has 4 N–H and O–H groups in total. The zero-order valence-corrected chi connectivity index (χ0v) is 10.6. The zero-order valence-electron chi connectivity index (χ0n) is 10.6. The van der Waals surface area contributed by atoms with Crippen molar-refractivity contribution in [3.8, 4) is 0 Å². The number of nitrogens with two attached hydrogens (primary N) is 2. The maximum Gasteiger partial charge on any atom is 0.249 e. The van der Waals surface area contributed by atoms with Crippen LogP contribution in [0.5, 0.6) is 0 Å². The fraction of sp³-hybridized carbons (Fsp3) is 0.333. The summed E-state index contributed by atoms with van der Waals surface area (Å²) >= 11 is 0. The smallest absolute Gasteiger partial charge is 0.249 e. The van der Waals surface area contributed by atoms with Crippen molar-refractivity contribution in [2.75, 3.05) is 0 Å². The first-order valence-electron chi connectivity index (χ1n) is 6.45. The Morgan fingerprint density at radius 1 is 1.21 bits per heavy atom. The summed E-state index contributed by atoms with van der Waals surface area (Å²) in [5.41, 5.74) is 12.4. The van der Waals surface area contributed by atoms with Crippen LogP contribution in [0.15, 0.2) is 30.4 Å². The van der Waals surface area contributed by atoms with E-state index in [1.807, 2.05) is 0 Å². The number of carbonyl (C=O) groups is 2. The molecule has 2 atom stereocenters. The second kappa shape index (κ2) is 3.95. The molecule has 0 heterocycles. The first-order chi connectivity index (χ1) is 9.02. The molecule has 0 saturated heterocycles. The van der Waals surface area contributed by atoms with Gasteiger partial charge in [0.2, 0.25) is 11.8 Å². The Morgan fingerprint density at radius 2 is 2.00 bits per heavy atom. The van der Waals surface area contributed by atoms with E-state index < -0.39 is 11.8 Å². The average Bonchev–Trinajstić information content (AvgIpc) is 2.99. The lowest BCUT2D eigenvalue weighted by atomic mass is 9.77. The number of carbonyl (C=O) groups excluding carboxylic acids is 2. The third-order valence-corrected chi connectivity index (χ3v) is 4.38.